The molecular weight excluding hydrogens is 270 g/mol. The molecule has 5 nitrogen and oxygen atoms in total. The molecule has 110 valence electrons. The number of hydrogen-bond donors (Lipinski definition) is 1. The Hall–Kier alpha value is -2.56. The third-order valence-corrected chi connectivity index (χ3v) is 2.91. The van der Waals surface area contributed by atoms with Crippen LogP contribution in [0.15, 0.2) is 36.0 Å². The number of benzene rings is 1. The van der Waals surface area contributed by atoms with Crippen LogP contribution in [0.2, 0.25) is 0 Å². The van der Waals surface area contributed by atoms with Crippen molar-refractivity contribution < 1.29 is 19.1 Å². The smallest absolute Gasteiger partial charge is 0.345 e. The van der Waals surface area contributed by atoms with Crippen molar-refractivity contribution in [1.82, 2.24) is 4.98 Å². The summed E-state index contributed by atoms with van der Waals surface area (Å²) in [4.78, 5) is 26.9. The first-order chi connectivity index (χ1) is 10.2. The Bertz CT molecular complexity index is 664. The molecule has 5 heteroatoms. The predicted molar refractivity (Wildman–Crippen MR) is 79.5 cm³/mol. The van der Waals surface area contributed by atoms with E-state index >= 15 is 0 Å². The second-order valence-corrected chi connectivity index (χ2v) is 4.29. The second kappa shape index (κ2) is 6.74. The standard InChI is InChI=1S/C16H17NO4/c1-3-20-15(18)13(16(19)21-4-2)9-11-10-17-14-8-6-5-7-12(11)14/h5-10,17H,3-4H2,1-2H3. The third-order valence-electron chi connectivity index (χ3n) is 2.91. The topological polar surface area (TPSA) is 68.4 Å². The van der Waals surface area contributed by atoms with E-state index in [1.165, 1.54) is 6.08 Å². The molecule has 0 fully saturated rings. The van der Waals surface area contributed by atoms with Gasteiger partial charge in [-0.25, -0.2) is 9.59 Å². The molecule has 1 heterocycles. The van der Waals surface area contributed by atoms with Gasteiger partial charge in [0, 0.05) is 22.7 Å². The maximum Gasteiger partial charge on any atom is 0.345 e. The number of carbonyl (C=O) groups is 2. The number of ether oxygens (including phenoxy) is 2. The highest BCUT2D eigenvalue weighted by Crippen LogP contribution is 2.21. The van der Waals surface area contributed by atoms with Gasteiger partial charge in [0.25, 0.3) is 0 Å². The van der Waals surface area contributed by atoms with E-state index in [1.807, 2.05) is 24.3 Å². The normalized spacial score (nSPS) is 10.2. The SMILES string of the molecule is CCOC(=O)C(=Cc1c[nH]c2ccccc12)C(=O)OCC. The first kappa shape index (κ1) is 14.8. The van der Waals surface area contributed by atoms with Gasteiger partial charge in [0.05, 0.1) is 13.2 Å². The molecule has 0 radical (unpaired) electrons. The molecule has 0 unspecified atom stereocenters. The number of fused-ring (bicyclic) bond motifs is 1. The van der Waals surface area contributed by atoms with E-state index in [1.54, 1.807) is 20.0 Å². The number of esters is 2. The lowest BCUT2D eigenvalue weighted by molar-refractivity contribution is -0.146. The number of nitrogens with one attached hydrogen (secondary N) is 1. The van der Waals surface area contributed by atoms with Crippen molar-refractivity contribution >= 4 is 28.9 Å². The lowest BCUT2D eigenvalue weighted by atomic mass is 10.1. The quantitative estimate of drug-likeness (QED) is 0.397. The molecule has 1 aromatic carbocycles. The zero-order valence-electron chi connectivity index (χ0n) is 12.0. The molecule has 21 heavy (non-hydrogen) atoms. The van der Waals surface area contributed by atoms with E-state index in [9.17, 15) is 9.59 Å². The van der Waals surface area contributed by atoms with Crippen LogP contribution in [0.5, 0.6) is 0 Å². The van der Waals surface area contributed by atoms with Crippen molar-refractivity contribution in [3.8, 4) is 0 Å². The molecule has 0 bridgehead atoms. The summed E-state index contributed by atoms with van der Waals surface area (Å²) < 4.78 is 9.83. The fraction of sp³-hybridized carbons (Fsp3) is 0.250. The van der Waals surface area contributed by atoms with Gasteiger partial charge in [0.1, 0.15) is 5.57 Å². The Morgan fingerprint density at radius 1 is 1.10 bits per heavy atom. The summed E-state index contributed by atoms with van der Waals surface area (Å²) in [6, 6.07) is 7.62. The van der Waals surface area contributed by atoms with Gasteiger partial charge < -0.3 is 14.5 Å². The molecule has 0 saturated heterocycles. The van der Waals surface area contributed by atoms with E-state index in [0.29, 0.717) is 0 Å². The zero-order valence-corrected chi connectivity index (χ0v) is 12.0. The number of hydrogen-bond acceptors (Lipinski definition) is 4. The first-order valence-electron chi connectivity index (χ1n) is 6.79. The summed E-state index contributed by atoms with van der Waals surface area (Å²) in [5.41, 5.74) is 1.56. The summed E-state index contributed by atoms with van der Waals surface area (Å²) in [7, 11) is 0. The summed E-state index contributed by atoms with van der Waals surface area (Å²) >= 11 is 0. The summed E-state index contributed by atoms with van der Waals surface area (Å²) in [6.45, 7) is 3.77. The van der Waals surface area contributed by atoms with Crippen LogP contribution in [-0.2, 0) is 19.1 Å². The molecule has 0 aliphatic heterocycles. The van der Waals surface area contributed by atoms with Gasteiger partial charge in [-0.1, -0.05) is 18.2 Å². The monoisotopic (exact) mass is 287 g/mol. The first-order valence-corrected chi connectivity index (χ1v) is 6.79. The minimum atomic E-state index is -0.679. The lowest BCUT2D eigenvalue weighted by Gasteiger charge is -2.06. The van der Waals surface area contributed by atoms with E-state index in [2.05, 4.69) is 4.98 Å². The van der Waals surface area contributed by atoms with Crippen LogP contribution < -0.4 is 0 Å². The van der Waals surface area contributed by atoms with Gasteiger partial charge >= 0.3 is 11.9 Å². The number of para-hydroxylation sites is 1. The van der Waals surface area contributed by atoms with Gasteiger partial charge in [0.2, 0.25) is 0 Å². The molecule has 0 amide bonds. The van der Waals surface area contributed by atoms with Crippen molar-refractivity contribution in [3.63, 3.8) is 0 Å². The molecule has 0 aliphatic carbocycles. The Morgan fingerprint density at radius 2 is 1.71 bits per heavy atom. The van der Waals surface area contributed by atoms with Crippen molar-refractivity contribution in [1.29, 1.82) is 0 Å². The summed E-state index contributed by atoms with van der Waals surface area (Å²) in [6.07, 6.45) is 3.23. The summed E-state index contributed by atoms with van der Waals surface area (Å²) in [5.74, 6) is -1.36. The van der Waals surface area contributed by atoms with Crippen LogP contribution in [-0.4, -0.2) is 30.1 Å². The Kier molecular flexibility index (Phi) is 4.77. The van der Waals surface area contributed by atoms with Crippen LogP contribution in [0, 0.1) is 0 Å². The van der Waals surface area contributed by atoms with E-state index in [4.69, 9.17) is 9.47 Å². The highest BCUT2D eigenvalue weighted by atomic mass is 16.6. The molecule has 2 rings (SSSR count). The number of carbonyl (C=O) groups excluding carboxylic acids is 2. The summed E-state index contributed by atoms with van der Waals surface area (Å²) in [5, 5.41) is 0.920. The minimum absolute atomic E-state index is 0.108. The maximum absolute atomic E-state index is 11.9. The van der Waals surface area contributed by atoms with Crippen LogP contribution in [0.3, 0.4) is 0 Å². The maximum atomic E-state index is 11.9. The second-order valence-electron chi connectivity index (χ2n) is 4.29. The molecule has 0 aliphatic rings. The van der Waals surface area contributed by atoms with Gasteiger partial charge in [-0.2, -0.15) is 0 Å². The molecule has 0 saturated carbocycles. The average molecular weight is 287 g/mol. The molecule has 0 atom stereocenters. The van der Waals surface area contributed by atoms with Crippen molar-refractivity contribution in [3.05, 3.63) is 41.6 Å². The molecule has 1 aromatic heterocycles. The van der Waals surface area contributed by atoms with Crippen molar-refractivity contribution in [2.75, 3.05) is 13.2 Å². The van der Waals surface area contributed by atoms with E-state index in [0.717, 1.165) is 16.5 Å². The highest BCUT2D eigenvalue weighted by molar-refractivity contribution is 6.18. The molecule has 2 aromatic rings. The largest absolute Gasteiger partial charge is 0.462 e. The zero-order chi connectivity index (χ0) is 15.2. The van der Waals surface area contributed by atoms with Crippen molar-refractivity contribution in [2.45, 2.75) is 13.8 Å². The van der Waals surface area contributed by atoms with Crippen LogP contribution in [0.25, 0.3) is 17.0 Å². The fourth-order valence-corrected chi connectivity index (χ4v) is 1.99. The molecule has 0 spiro atoms. The van der Waals surface area contributed by atoms with Crippen LogP contribution in [0.4, 0.5) is 0 Å². The number of H-pyrrole nitrogens is 1. The third kappa shape index (κ3) is 3.31. The Labute approximate surface area is 122 Å². The van der Waals surface area contributed by atoms with Gasteiger partial charge in [-0.3, -0.25) is 0 Å². The Balaban J connectivity index is 2.44. The predicted octanol–water partition coefficient (Wildman–Crippen LogP) is 2.68. The average Bonchev–Trinajstić information content (AvgIpc) is 2.88. The van der Waals surface area contributed by atoms with Crippen LogP contribution in [0.1, 0.15) is 19.4 Å². The fourth-order valence-electron chi connectivity index (χ4n) is 1.99. The van der Waals surface area contributed by atoms with Gasteiger partial charge in [0.15, 0.2) is 0 Å². The van der Waals surface area contributed by atoms with Crippen molar-refractivity contribution in [2.24, 2.45) is 0 Å². The van der Waals surface area contributed by atoms with Gasteiger partial charge in [-0.05, 0) is 26.0 Å². The van der Waals surface area contributed by atoms with E-state index < -0.39 is 11.9 Å². The highest BCUT2D eigenvalue weighted by Gasteiger charge is 2.21. The van der Waals surface area contributed by atoms with Crippen LogP contribution >= 0.6 is 0 Å². The number of aromatic amines is 1. The lowest BCUT2D eigenvalue weighted by Crippen LogP contribution is -2.18. The number of rotatable bonds is 5. The van der Waals surface area contributed by atoms with E-state index in [-0.39, 0.29) is 18.8 Å². The minimum Gasteiger partial charge on any atom is -0.462 e. The number of aromatic nitrogens is 1. The Morgan fingerprint density at radius 3 is 2.33 bits per heavy atom. The van der Waals surface area contributed by atoms with Gasteiger partial charge in [-0.15, -0.1) is 0 Å². The molecule has 1 N–H and O–H groups in total. The molecular formula is C16H17NO4.